The molecular formula is C25H19F5IN5O4. The summed E-state index contributed by atoms with van der Waals surface area (Å²) in [6.07, 6.45) is -3.30. The van der Waals surface area contributed by atoms with E-state index in [9.17, 15) is 26.7 Å². The lowest BCUT2D eigenvalue weighted by Crippen LogP contribution is -2.27. The molecular weight excluding hydrogens is 656 g/mol. The smallest absolute Gasteiger partial charge is 0.485 e. The van der Waals surface area contributed by atoms with Crippen LogP contribution in [0.5, 0.6) is 5.75 Å². The zero-order valence-corrected chi connectivity index (χ0v) is 23.1. The van der Waals surface area contributed by atoms with Crippen molar-refractivity contribution in [2.24, 2.45) is 0 Å². The average molecular weight is 675 g/mol. The number of aromatic nitrogens is 4. The molecule has 1 aliphatic rings. The Balaban J connectivity index is 0.000000470. The van der Waals surface area contributed by atoms with Crippen LogP contribution in [0.15, 0.2) is 36.5 Å². The van der Waals surface area contributed by atoms with E-state index in [0.29, 0.717) is 38.1 Å². The molecule has 0 bridgehead atoms. The molecule has 2 N–H and O–H groups in total. The van der Waals surface area contributed by atoms with Crippen molar-refractivity contribution in [3.8, 4) is 17.3 Å². The first-order valence-electron chi connectivity index (χ1n) is 11.4. The minimum atomic E-state index is -5.08. The molecule has 1 aliphatic heterocycles. The summed E-state index contributed by atoms with van der Waals surface area (Å²) in [4.78, 5) is 35.2. The molecule has 1 aromatic carbocycles. The summed E-state index contributed by atoms with van der Waals surface area (Å²) in [5.41, 5.74) is 1.62. The highest BCUT2D eigenvalue weighted by Gasteiger charge is 2.42. The molecule has 0 saturated heterocycles. The number of anilines is 1. The second-order valence-corrected chi connectivity index (χ2v) is 10.1. The van der Waals surface area contributed by atoms with Crippen molar-refractivity contribution in [3.05, 3.63) is 68.7 Å². The van der Waals surface area contributed by atoms with Crippen LogP contribution >= 0.6 is 22.6 Å². The van der Waals surface area contributed by atoms with Gasteiger partial charge < -0.3 is 15.2 Å². The van der Waals surface area contributed by atoms with Gasteiger partial charge in [-0.2, -0.15) is 13.2 Å². The van der Waals surface area contributed by atoms with Gasteiger partial charge in [-0.3, -0.25) is 9.20 Å². The SMILES string of the molecule is Cc1nc2c(OCc3c(F)cccc3F)cccn2c1-c1nc(I)c2c(n1)NC(=O)C2(C)C.O=C(O)C(F)(F)F. The number of amides is 1. The topological polar surface area (TPSA) is 119 Å². The van der Waals surface area contributed by atoms with Gasteiger partial charge in [0, 0.05) is 11.8 Å². The summed E-state index contributed by atoms with van der Waals surface area (Å²) in [6.45, 7) is 5.20. The molecule has 15 heteroatoms. The maximum Gasteiger partial charge on any atom is 0.490 e. The molecule has 0 radical (unpaired) electrons. The fraction of sp³-hybridized carbons (Fsp3) is 0.240. The molecule has 210 valence electrons. The molecule has 3 aromatic heterocycles. The van der Waals surface area contributed by atoms with Gasteiger partial charge in [0.2, 0.25) is 5.91 Å². The molecule has 0 fully saturated rings. The van der Waals surface area contributed by atoms with Crippen molar-refractivity contribution in [2.75, 3.05) is 5.32 Å². The third-order valence-electron chi connectivity index (χ3n) is 5.97. The maximum atomic E-state index is 14.0. The number of benzene rings is 1. The highest BCUT2D eigenvalue weighted by molar-refractivity contribution is 14.1. The highest BCUT2D eigenvalue weighted by atomic mass is 127. The van der Waals surface area contributed by atoms with Gasteiger partial charge in [-0.25, -0.2) is 28.5 Å². The number of pyridine rings is 1. The van der Waals surface area contributed by atoms with Crippen molar-refractivity contribution >= 4 is 45.9 Å². The minimum Gasteiger partial charge on any atom is -0.485 e. The van der Waals surface area contributed by atoms with E-state index in [1.54, 1.807) is 22.7 Å². The normalized spacial score (nSPS) is 13.9. The monoisotopic (exact) mass is 675 g/mol. The van der Waals surface area contributed by atoms with E-state index in [1.165, 1.54) is 18.2 Å². The van der Waals surface area contributed by atoms with E-state index >= 15 is 0 Å². The number of carbonyl (C=O) groups excluding carboxylic acids is 1. The molecule has 0 spiro atoms. The van der Waals surface area contributed by atoms with Gasteiger partial charge in [-0.05, 0) is 67.6 Å². The van der Waals surface area contributed by atoms with Crippen LogP contribution in [0.3, 0.4) is 0 Å². The van der Waals surface area contributed by atoms with E-state index in [0.717, 1.165) is 5.56 Å². The van der Waals surface area contributed by atoms with Gasteiger partial charge in [0.25, 0.3) is 0 Å². The van der Waals surface area contributed by atoms with Crippen LogP contribution < -0.4 is 10.1 Å². The predicted octanol–water partition coefficient (Wildman–Crippen LogP) is 5.42. The average Bonchev–Trinajstić information content (AvgIpc) is 3.30. The molecule has 1 amide bonds. The van der Waals surface area contributed by atoms with Gasteiger partial charge in [-0.15, -0.1) is 0 Å². The van der Waals surface area contributed by atoms with Gasteiger partial charge >= 0.3 is 12.1 Å². The van der Waals surface area contributed by atoms with Gasteiger partial charge in [0.1, 0.15) is 33.5 Å². The van der Waals surface area contributed by atoms with Gasteiger partial charge in [0.05, 0.1) is 16.7 Å². The Morgan fingerprint density at radius 2 is 1.75 bits per heavy atom. The van der Waals surface area contributed by atoms with Crippen molar-refractivity contribution < 1.29 is 41.4 Å². The van der Waals surface area contributed by atoms with E-state index in [1.807, 2.05) is 20.8 Å². The molecule has 9 nitrogen and oxygen atoms in total. The number of fused-ring (bicyclic) bond motifs is 2. The number of carboxylic acid groups (broad SMARTS) is 1. The number of hydrogen-bond donors (Lipinski definition) is 2. The predicted molar refractivity (Wildman–Crippen MR) is 140 cm³/mol. The van der Waals surface area contributed by atoms with Crippen LogP contribution in [0.1, 0.15) is 30.7 Å². The Morgan fingerprint density at radius 1 is 1.12 bits per heavy atom. The summed E-state index contributed by atoms with van der Waals surface area (Å²) >= 11 is 2.11. The van der Waals surface area contributed by atoms with E-state index in [2.05, 4.69) is 42.9 Å². The number of aryl methyl sites for hydroxylation is 1. The van der Waals surface area contributed by atoms with Crippen LogP contribution in [0.4, 0.5) is 27.8 Å². The molecule has 0 atom stereocenters. The molecule has 4 heterocycles. The zero-order valence-electron chi connectivity index (χ0n) is 20.9. The maximum absolute atomic E-state index is 14.0. The summed E-state index contributed by atoms with van der Waals surface area (Å²) in [5.74, 6) is -2.99. The summed E-state index contributed by atoms with van der Waals surface area (Å²) < 4.78 is 67.9. The summed E-state index contributed by atoms with van der Waals surface area (Å²) in [7, 11) is 0. The summed E-state index contributed by atoms with van der Waals surface area (Å²) in [5, 5.41) is 9.96. The van der Waals surface area contributed by atoms with Gasteiger partial charge in [0.15, 0.2) is 17.2 Å². The number of carboxylic acids is 1. The van der Waals surface area contributed by atoms with Gasteiger partial charge in [-0.1, -0.05) is 6.07 Å². The van der Waals surface area contributed by atoms with Crippen LogP contribution in [0, 0.1) is 22.3 Å². The minimum absolute atomic E-state index is 0.132. The second-order valence-electron chi connectivity index (χ2n) is 9.04. The lowest BCUT2D eigenvalue weighted by atomic mass is 9.88. The first kappa shape index (κ1) is 29.1. The number of alkyl halides is 3. The quantitative estimate of drug-likeness (QED) is 0.169. The standard InChI is InChI=1S/C23H18F2IN5O2.C2HF3O2/c1-11-17(20-28-18(26)16-19(29-20)30-22(32)23(16,2)3)31-9-5-8-15(21(31)27-11)33-10-12-13(24)6-4-7-14(12)25;3-2(4,5)1(6)7/h4-9H,10H2,1-3H3,(H,28,29,30,32);(H,6,7). The van der Waals surface area contributed by atoms with Crippen LogP contribution in [-0.4, -0.2) is 42.5 Å². The zero-order chi connectivity index (χ0) is 29.6. The number of halogens is 6. The Kier molecular flexibility index (Phi) is 7.70. The number of imidazole rings is 1. The van der Waals surface area contributed by atoms with E-state index < -0.39 is 29.2 Å². The van der Waals surface area contributed by atoms with E-state index in [4.69, 9.17) is 14.6 Å². The van der Waals surface area contributed by atoms with Crippen molar-refractivity contribution in [2.45, 2.75) is 39.0 Å². The first-order valence-corrected chi connectivity index (χ1v) is 12.4. The number of hydrogen-bond acceptors (Lipinski definition) is 6. The number of nitrogens with zero attached hydrogens (tertiary/aromatic N) is 4. The van der Waals surface area contributed by atoms with Crippen LogP contribution in [-0.2, 0) is 21.6 Å². The Morgan fingerprint density at radius 3 is 2.35 bits per heavy atom. The third-order valence-corrected chi connectivity index (χ3v) is 6.75. The lowest BCUT2D eigenvalue weighted by molar-refractivity contribution is -0.192. The van der Waals surface area contributed by atoms with Crippen molar-refractivity contribution in [1.29, 1.82) is 0 Å². The lowest BCUT2D eigenvalue weighted by Gasteiger charge is -2.16. The largest absolute Gasteiger partial charge is 0.490 e. The van der Waals surface area contributed by atoms with Crippen LogP contribution in [0.2, 0.25) is 0 Å². The fourth-order valence-electron chi connectivity index (χ4n) is 3.92. The Hall–Kier alpha value is -3.89. The number of rotatable bonds is 4. The highest BCUT2D eigenvalue weighted by Crippen LogP contribution is 2.40. The van der Waals surface area contributed by atoms with Crippen molar-refractivity contribution in [1.82, 2.24) is 19.4 Å². The number of nitrogens with one attached hydrogen (secondary N) is 1. The second kappa shape index (κ2) is 10.6. The molecule has 0 saturated carbocycles. The Labute approximate surface area is 236 Å². The molecule has 0 unspecified atom stereocenters. The number of ether oxygens (including phenoxy) is 1. The first-order chi connectivity index (χ1) is 18.6. The van der Waals surface area contributed by atoms with Crippen LogP contribution in [0.25, 0.3) is 17.2 Å². The number of aliphatic carboxylic acids is 1. The number of carbonyl (C=O) groups is 2. The molecule has 5 rings (SSSR count). The molecule has 4 aromatic rings. The summed E-state index contributed by atoms with van der Waals surface area (Å²) in [6, 6.07) is 7.11. The van der Waals surface area contributed by atoms with Crippen molar-refractivity contribution in [3.63, 3.8) is 0 Å². The fourth-order valence-corrected chi connectivity index (χ4v) is 5.08. The molecule has 40 heavy (non-hydrogen) atoms. The Bertz CT molecular complexity index is 1630. The van der Waals surface area contributed by atoms with E-state index in [-0.39, 0.29) is 18.1 Å². The molecule has 0 aliphatic carbocycles. The third kappa shape index (κ3) is 5.41.